The van der Waals surface area contributed by atoms with Gasteiger partial charge in [-0.2, -0.15) is 9.97 Å². The fourth-order valence-electron chi connectivity index (χ4n) is 2.08. The maximum Gasteiger partial charge on any atom is 0.253 e. The quantitative estimate of drug-likeness (QED) is 0.671. The summed E-state index contributed by atoms with van der Waals surface area (Å²) in [6.45, 7) is 4.92. The Hall–Kier alpha value is -3.01. The van der Waals surface area contributed by atoms with Crippen molar-refractivity contribution in [3.63, 3.8) is 0 Å². The minimum atomic E-state index is -3.39. The number of aliphatic imine (C=N–C) groups is 2. The number of rotatable bonds is 7. The van der Waals surface area contributed by atoms with E-state index in [4.69, 9.17) is 4.74 Å². The van der Waals surface area contributed by atoms with Gasteiger partial charge in [-0.3, -0.25) is 4.99 Å². The molecule has 1 aromatic carbocycles. The lowest BCUT2D eigenvalue weighted by Crippen LogP contribution is -2.14. The lowest BCUT2D eigenvalue weighted by molar-refractivity contribution is 0.412. The van der Waals surface area contributed by atoms with Crippen molar-refractivity contribution in [2.24, 2.45) is 9.98 Å². The van der Waals surface area contributed by atoms with Gasteiger partial charge in [0, 0.05) is 18.0 Å². The summed E-state index contributed by atoms with van der Waals surface area (Å²) in [7, 11) is -1.98. The number of sulfone groups is 1. The summed E-state index contributed by atoms with van der Waals surface area (Å²) in [4.78, 5) is 20.0. The van der Waals surface area contributed by atoms with Gasteiger partial charge in [-0.15, -0.1) is 0 Å². The largest absolute Gasteiger partial charge is 0.496 e. The summed E-state index contributed by atoms with van der Waals surface area (Å²) < 4.78 is 41.5. The van der Waals surface area contributed by atoms with E-state index >= 15 is 0 Å². The van der Waals surface area contributed by atoms with Crippen LogP contribution < -0.4 is 4.74 Å². The molecule has 27 heavy (non-hydrogen) atoms. The van der Waals surface area contributed by atoms with Crippen LogP contribution in [0.4, 0.5) is 10.3 Å². The molecule has 1 aromatic heterocycles. The van der Waals surface area contributed by atoms with Crippen molar-refractivity contribution in [3.8, 4) is 17.1 Å². The molecule has 0 saturated heterocycles. The van der Waals surface area contributed by atoms with E-state index in [1.807, 2.05) is 0 Å². The van der Waals surface area contributed by atoms with Gasteiger partial charge in [0.05, 0.1) is 12.7 Å². The van der Waals surface area contributed by atoms with Crippen molar-refractivity contribution >= 4 is 28.2 Å². The Morgan fingerprint density at radius 1 is 1.37 bits per heavy atom. The first-order chi connectivity index (χ1) is 12.7. The van der Waals surface area contributed by atoms with Crippen LogP contribution in [0.3, 0.4) is 0 Å². The zero-order valence-corrected chi connectivity index (χ0v) is 15.8. The second kappa shape index (κ2) is 8.58. The number of hydrogen-bond acceptors (Lipinski definition) is 8. The highest BCUT2D eigenvalue weighted by Crippen LogP contribution is 2.28. The summed E-state index contributed by atoms with van der Waals surface area (Å²) in [5, 5.41) is -1.06. The van der Waals surface area contributed by atoms with Crippen LogP contribution in [0.2, 0.25) is 0 Å². The molecule has 0 aliphatic carbocycles. The third-order valence-electron chi connectivity index (χ3n) is 3.36. The minimum Gasteiger partial charge on any atom is -0.496 e. The Kier molecular flexibility index (Phi) is 6.45. The van der Waals surface area contributed by atoms with E-state index in [2.05, 4.69) is 31.7 Å². The van der Waals surface area contributed by atoms with Gasteiger partial charge >= 0.3 is 0 Å². The average molecular weight is 391 g/mol. The van der Waals surface area contributed by atoms with Crippen molar-refractivity contribution < 1.29 is 17.5 Å². The molecule has 1 atom stereocenters. The van der Waals surface area contributed by atoms with Crippen LogP contribution in [0.5, 0.6) is 5.75 Å². The van der Waals surface area contributed by atoms with Crippen LogP contribution in [0.15, 0.2) is 46.7 Å². The first-order valence-electron chi connectivity index (χ1n) is 7.65. The minimum absolute atomic E-state index is 0.107. The van der Waals surface area contributed by atoms with E-state index in [0.717, 1.165) is 6.26 Å². The van der Waals surface area contributed by atoms with Gasteiger partial charge in [-0.25, -0.2) is 22.8 Å². The molecule has 142 valence electrons. The van der Waals surface area contributed by atoms with Crippen LogP contribution >= 0.6 is 0 Å². The predicted molar refractivity (Wildman–Crippen MR) is 102 cm³/mol. The second-order valence-electron chi connectivity index (χ2n) is 5.47. The molecule has 0 spiro atoms. The van der Waals surface area contributed by atoms with E-state index < -0.39 is 21.0 Å². The van der Waals surface area contributed by atoms with Crippen molar-refractivity contribution in [3.05, 3.63) is 42.5 Å². The van der Waals surface area contributed by atoms with Crippen LogP contribution in [0.25, 0.3) is 11.4 Å². The van der Waals surface area contributed by atoms with Crippen LogP contribution in [0, 0.1) is 5.82 Å². The Labute approximate surface area is 156 Å². The third kappa shape index (κ3) is 5.48. The second-order valence-corrected chi connectivity index (χ2v) is 7.61. The number of nitrogens with zero attached hydrogens (tertiary/aromatic N) is 5. The van der Waals surface area contributed by atoms with E-state index in [-0.39, 0.29) is 17.5 Å². The standard InChI is InChI=1S/C17H18FN5O3S/c1-11(5-8-15(19-2)27(4,24)25)22-17-21-10-20-16(23-17)13-7-6-12(18)9-14(13)26-3/h5-10,15H,2H2,1,3-4H3/b8-5-,22-11?. The molecular formula is C17H18FN5O3S. The first-order valence-corrected chi connectivity index (χ1v) is 9.61. The number of methoxy groups -OCH3 is 1. The molecule has 2 rings (SSSR count). The molecule has 0 amide bonds. The molecule has 0 N–H and O–H groups in total. The molecule has 0 bridgehead atoms. The molecule has 0 fully saturated rings. The molecule has 0 saturated carbocycles. The molecule has 1 unspecified atom stereocenters. The van der Waals surface area contributed by atoms with Crippen molar-refractivity contribution in [1.82, 2.24) is 15.0 Å². The number of hydrogen-bond donors (Lipinski definition) is 0. The molecule has 1 heterocycles. The molecule has 0 radical (unpaired) electrons. The van der Waals surface area contributed by atoms with E-state index in [1.165, 1.54) is 43.8 Å². The number of aromatic nitrogens is 3. The zero-order valence-electron chi connectivity index (χ0n) is 15.0. The van der Waals surface area contributed by atoms with E-state index in [9.17, 15) is 12.8 Å². The molecule has 2 aromatic rings. The lowest BCUT2D eigenvalue weighted by Gasteiger charge is -2.07. The van der Waals surface area contributed by atoms with Gasteiger partial charge in [0.25, 0.3) is 5.95 Å². The Morgan fingerprint density at radius 2 is 2.11 bits per heavy atom. The van der Waals surface area contributed by atoms with Gasteiger partial charge < -0.3 is 4.74 Å². The number of allylic oxidation sites excluding steroid dienone is 1. The Morgan fingerprint density at radius 3 is 2.74 bits per heavy atom. The highest BCUT2D eigenvalue weighted by molar-refractivity contribution is 7.91. The van der Waals surface area contributed by atoms with E-state index in [0.29, 0.717) is 11.3 Å². The monoisotopic (exact) mass is 391 g/mol. The summed E-state index contributed by atoms with van der Waals surface area (Å²) in [6.07, 6.45) is 5.19. The van der Waals surface area contributed by atoms with Crippen LogP contribution in [-0.2, 0) is 9.84 Å². The smallest absolute Gasteiger partial charge is 0.253 e. The maximum atomic E-state index is 13.3. The third-order valence-corrected chi connectivity index (χ3v) is 4.54. The van der Waals surface area contributed by atoms with Gasteiger partial charge in [-0.05, 0) is 37.9 Å². The molecule has 0 aliphatic heterocycles. The Balaban J connectivity index is 2.32. The topological polar surface area (TPSA) is 107 Å². The molecular weight excluding hydrogens is 373 g/mol. The van der Waals surface area contributed by atoms with Crippen LogP contribution in [0.1, 0.15) is 6.92 Å². The maximum absolute atomic E-state index is 13.3. The predicted octanol–water partition coefficient (Wildman–Crippen LogP) is 2.41. The van der Waals surface area contributed by atoms with Gasteiger partial charge in [0.2, 0.25) is 0 Å². The van der Waals surface area contributed by atoms with Crippen molar-refractivity contribution in [2.45, 2.75) is 12.3 Å². The summed E-state index contributed by atoms with van der Waals surface area (Å²) in [6, 6.07) is 3.99. The van der Waals surface area contributed by atoms with E-state index in [1.54, 1.807) is 6.92 Å². The van der Waals surface area contributed by atoms with Crippen molar-refractivity contribution in [1.29, 1.82) is 0 Å². The molecule has 0 aliphatic rings. The summed E-state index contributed by atoms with van der Waals surface area (Å²) in [5.74, 6) is 0.205. The number of ether oxygens (including phenoxy) is 1. The van der Waals surface area contributed by atoms with Gasteiger partial charge in [-0.1, -0.05) is 0 Å². The first kappa shape index (κ1) is 20.3. The highest BCUT2D eigenvalue weighted by atomic mass is 32.2. The highest BCUT2D eigenvalue weighted by Gasteiger charge is 2.14. The summed E-state index contributed by atoms with van der Waals surface area (Å²) >= 11 is 0. The summed E-state index contributed by atoms with van der Waals surface area (Å²) in [5.41, 5.74) is 0.939. The molecule has 10 heteroatoms. The fourth-order valence-corrected chi connectivity index (χ4v) is 2.71. The fraction of sp³-hybridized carbons (Fsp3) is 0.235. The number of benzene rings is 1. The normalized spacial score (nSPS) is 13.6. The SMILES string of the molecule is C=NC(/C=C\C(C)=Nc1ncnc(-c2ccc(F)cc2OC)n1)S(C)(=O)=O. The average Bonchev–Trinajstić information content (AvgIpc) is 2.61. The Bertz CT molecular complexity index is 1010. The van der Waals surface area contributed by atoms with Crippen LogP contribution in [-0.4, -0.2) is 54.5 Å². The number of halogens is 1. The zero-order chi connectivity index (χ0) is 20.0. The van der Waals surface area contributed by atoms with Gasteiger partial charge in [0.1, 0.15) is 17.9 Å². The lowest BCUT2D eigenvalue weighted by atomic mass is 10.2. The van der Waals surface area contributed by atoms with Gasteiger partial charge in [0.15, 0.2) is 21.0 Å². The molecule has 8 nitrogen and oxygen atoms in total. The van der Waals surface area contributed by atoms with Crippen molar-refractivity contribution in [2.75, 3.05) is 13.4 Å².